The number of aromatic nitrogens is 2. The summed E-state index contributed by atoms with van der Waals surface area (Å²) in [6.07, 6.45) is 0. The van der Waals surface area contributed by atoms with E-state index in [1.807, 2.05) is 31.2 Å². The lowest BCUT2D eigenvalue weighted by atomic mass is 10.1. The van der Waals surface area contributed by atoms with Gasteiger partial charge < -0.3 is 4.98 Å². The molecular formula is C15H13N5O2. The summed E-state index contributed by atoms with van der Waals surface area (Å²) in [5, 5.41) is 14.9. The van der Waals surface area contributed by atoms with Crippen molar-refractivity contribution < 1.29 is 4.92 Å². The standard InChI is InChI=1S/C15H13N5O2/c1-10(11-6-8-12(9-7-11)20(21)22)18-19-15-16-13-4-2-3-5-14(13)17-15/h2-9H,1H3,(H2,16,17,19)/b18-10+. The van der Waals surface area contributed by atoms with Crippen LogP contribution in [0.25, 0.3) is 11.0 Å². The third kappa shape index (κ3) is 2.78. The van der Waals surface area contributed by atoms with Gasteiger partial charge in [0, 0.05) is 12.1 Å². The van der Waals surface area contributed by atoms with Crippen molar-refractivity contribution in [1.82, 2.24) is 9.97 Å². The molecule has 0 aliphatic rings. The fraction of sp³-hybridized carbons (Fsp3) is 0.0667. The molecule has 0 atom stereocenters. The van der Waals surface area contributed by atoms with Crippen molar-refractivity contribution in [2.24, 2.45) is 5.10 Å². The second-order valence-electron chi connectivity index (χ2n) is 4.72. The molecule has 22 heavy (non-hydrogen) atoms. The topological polar surface area (TPSA) is 96.2 Å². The number of non-ortho nitro benzene ring substituents is 1. The number of nitro groups is 1. The number of imidazole rings is 1. The van der Waals surface area contributed by atoms with E-state index in [1.165, 1.54) is 12.1 Å². The van der Waals surface area contributed by atoms with E-state index in [0.717, 1.165) is 16.6 Å². The Balaban J connectivity index is 1.77. The number of aromatic amines is 1. The van der Waals surface area contributed by atoms with Crippen LogP contribution in [0.4, 0.5) is 11.6 Å². The Labute approximate surface area is 125 Å². The average Bonchev–Trinajstić information content (AvgIpc) is 2.95. The number of rotatable bonds is 4. The molecule has 2 N–H and O–H groups in total. The first-order valence-electron chi connectivity index (χ1n) is 6.63. The highest BCUT2D eigenvalue weighted by Crippen LogP contribution is 2.15. The van der Waals surface area contributed by atoms with E-state index in [4.69, 9.17) is 0 Å². The lowest BCUT2D eigenvalue weighted by Crippen LogP contribution is -2.00. The SMILES string of the molecule is C/C(=N\Nc1nc2ccccc2[nH]1)c1ccc([N+](=O)[O-])cc1. The predicted octanol–water partition coefficient (Wildman–Crippen LogP) is 3.31. The Morgan fingerprint density at radius 3 is 2.64 bits per heavy atom. The molecular weight excluding hydrogens is 282 g/mol. The summed E-state index contributed by atoms with van der Waals surface area (Å²) in [4.78, 5) is 17.7. The molecule has 0 fully saturated rings. The molecule has 7 heteroatoms. The summed E-state index contributed by atoms with van der Waals surface area (Å²) in [7, 11) is 0. The lowest BCUT2D eigenvalue weighted by molar-refractivity contribution is -0.384. The van der Waals surface area contributed by atoms with Gasteiger partial charge in [0.05, 0.1) is 21.7 Å². The van der Waals surface area contributed by atoms with Gasteiger partial charge in [0.25, 0.3) is 5.69 Å². The van der Waals surface area contributed by atoms with Crippen LogP contribution >= 0.6 is 0 Å². The molecule has 1 aromatic heterocycles. The molecule has 0 amide bonds. The molecule has 3 rings (SSSR count). The largest absolute Gasteiger partial charge is 0.323 e. The van der Waals surface area contributed by atoms with Gasteiger partial charge in [-0.3, -0.25) is 10.1 Å². The van der Waals surface area contributed by atoms with Gasteiger partial charge in [-0.05, 0) is 36.8 Å². The smallest absolute Gasteiger partial charge is 0.269 e. The van der Waals surface area contributed by atoms with Crippen molar-refractivity contribution in [3.8, 4) is 0 Å². The Hall–Kier alpha value is -3.22. The molecule has 0 radical (unpaired) electrons. The number of nitrogens with one attached hydrogen (secondary N) is 2. The maximum atomic E-state index is 10.6. The number of H-pyrrole nitrogens is 1. The zero-order valence-corrected chi connectivity index (χ0v) is 11.8. The molecule has 0 saturated carbocycles. The number of para-hydroxylation sites is 2. The second kappa shape index (κ2) is 5.65. The van der Waals surface area contributed by atoms with Crippen LogP contribution in [0.15, 0.2) is 53.6 Å². The highest BCUT2D eigenvalue weighted by atomic mass is 16.6. The first kappa shape index (κ1) is 13.7. The molecule has 0 bridgehead atoms. The van der Waals surface area contributed by atoms with E-state index in [2.05, 4.69) is 20.5 Å². The summed E-state index contributed by atoms with van der Waals surface area (Å²) in [5.41, 5.74) is 6.20. The van der Waals surface area contributed by atoms with E-state index in [0.29, 0.717) is 11.7 Å². The van der Waals surface area contributed by atoms with E-state index in [9.17, 15) is 10.1 Å². The van der Waals surface area contributed by atoms with Crippen LogP contribution in [0, 0.1) is 10.1 Å². The Bertz CT molecular complexity index is 819. The zero-order chi connectivity index (χ0) is 15.5. The second-order valence-corrected chi connectivity index (χ2v) is 4.72. The molecule has 0 saturated heterocycles. The summed E-state index contributed by atoms with van der Waals surface area (Å²) in [5.74, 6) is 0.544. The minimum atomic E-state index is -0.428. The molecule has 0 unspecified atom stereocenters. The number of nitrogens with zero attached hydrogens (tertiary/aromatic N) is 3. The van der Waals surface area contributed by atoms with Gasteiger partial charge in [-0.1, -0.05) is 12.1 Å². The monoisotopic (exact) mass is 295 g/mol. The summed E-state index contributed by atoms with van der Waals surface area (Å²) >= 11 is 0. The van der Waals surface area contributed by atoms with Crippen molar-refractivity contribution >= 4 is 28.4 Å². The van der Waals surface area contributed by atoms with Crippen LogP contribution in [0.5, 0.6) is 0 Å². The van der Waals surface area contributed by atoms with Crippen LogP contribution in [-0.4, -0.2) is 20.6 Å². The zero-order valence-electron chi connectivity index (χ0n) is 11.8. The number of benzene rings is 2. The van der Waals surface area contributed by atoms with Crippen LogP contribution in [0.2, 0.25) is 0 Å². The number of anilines is 1. The average molecular weight is 295 g/mol. The Morgan fingerprint density at radius 1 is 1.23 bits per heavy atom. The number of hydrogen-bond donors (Lipinski definition) is 2. The lowest BCUT2D eigenvalue weighted by Gasteiger charge is -2.01. The third-order valence-corrected chi connectivity index (χ3v) is 3.21. The molecule has 0 aliphatic heterocycles. The van der Waals surface area contributed by atoms with Gasteiger partial charge in [-0.2, -0.15) is 5.10 Å². The normalized spacial score (nSPS) is 11.6. The predicted molar refractivity (Wildman–Crippen MR) is 85.0 cm³/mol. The number of nitro benzene ring substituents is 1. The van der Waals surface area contributed by atoms with E-state index >= 15 is 0 Å². The summed E-state index contributed by atoms with van der Waals surface area (Å²) in [6, 6.07) is 13.9. The third-order valence-electron chi connectivity index (χ3n) is 3.21. The van der Waals surface area contributed by atoms with Gasteiger partial charge in [0.1, 0.15) is 0 Å². The maximum Gasteiger partial charge on any atom is 0.269 e. The molecule has 2 aromatic carbocycles. The van der Waals surface area contributed by atoms with Crippen LogP contribution < -0.4 is 5.43 Å². The van der Waals surface area contributed by atoms with Crippen molar-refractivity contribution in [2.75, 3.05) is 5.43 Å². The fourth-order valence-electron chi connectivity index (χ4n) is 2.03. The van der Waals surface area contributed by atoms with Gasteiger partial charge in [-0.15, -0.1) is 0 Å². The van der Waals surface area contributed by atoms with Crippen molar-refractivity contribution in [3.63, 3.8) is 0 Å². The van der Waals surface area contributed by atoms with Crippen LogP contribution in [0.1, 0.15) is 12.5 Å². The van der Waals surface area contributed by atoms with Gasteiger partial charge in [0.15, 0.2) is 0 Å². The highest BCUT2D eigenvalue weighted by Gasteiger charge is 2.06. The van der Waals surface area contributed by atoms with Crippen molar-refractivity contribution in [2.45, 2.75) is 6.92 Å². The first-order chi connectivity index (χ1) is 10.6. The molecule has 0 spiro atoms. The van der Waals surface area contributed by atoms with E-state index in [1.54, 1.807) is 12.1 Å². The number of fused-ring (bicyclic) bond motifs is 1. The molecule has 110 valence electrons. The van der Waals surface area contributed by atoms with Crippen LogP contribution in [-0.2, 0) is 0 Å². The van der Waals surface area contributed by atoms with E-state index < -0.39 is 4.92 Å². The maximum absolute atomic E-state index is 10.6. The Morgan fingerprint density at radius 2 is 1.95 bits per heavy atom. The molecule has 0 aliphatic carbocycles. The van der Waals surface area contributed by atoms with Crippen LogP contribution in [0.3, 0.4) is 0 Å². The van der Waals surface area contributed by atoms with Crippen molar-refractivity contribution in [1.29, 1.82) is 0 Å². The molecule has 1 heterocycles. The Kier molecular flexibility index (Phi) is 3.53. The van der Waals surface area contributed by atoms with Gasteiger partial charge in [-0.25, -0.2) is 10.4 Å². The van der Waals surface area contributed by atoms with E-state index in [-0.39, 0.29) is 5.69 Å². The molecule has 3 aromatic rings. The number of hydrazone groups is 1. The number of hydrogen-bond acceptors (Lipinski definition) is 5. The molecule has 7 nitrogen and oxygen atoms in total. The highest BCUT2D eigenvalue weighted by molar-refractivity contribution is 5.99. The summed E-state index contributed by atoms with van der Waals surface area (Å²) < 4.78 is 0. The minimum absolute atomic E-state index is 0.0572. The van der Waals surface area contributed by atoms with Gasteiger partial charge in [0.2, 0.25) is 5.95 Å². The van der Waals surface area contributed by atoms with Gasteiger partial charge >= 0.3 is 0 Å². The fourth-order valence-corrected chi connectivity index (χ4v) is 2.03. The minimum Gasteiger partial charge on any atom is -0.323 e. The summed E-state index contributed by atoms with van der Waals surface area (Å²) in [6.45, 7) is 1.82. The quantitative estimate of drug-likeness (QED) is 0.438. The van der Waals surface area contributed by atoms with Crippen molar-refractivity contribution in [3.05, 3.63) is 64.2 Å². The first-order valence-corrected chi connectivity index (χ1v) is 6.63.